The number of ether oxygens (including phenoxy) is 1. The molecule has 0 radical (unpaired) electrons. The van der Waals surface area contributed by atoms with Gasteiger partial charge in [0.15, 0.2) is 5.56 Å². The van der Waals surface area contributed by atoms with Gasteiger partial charge in [-0.05, 0) is 6.92 Å². The molecule has 0 bridgehead atoms. The fraction of sp³-hybridized carbons (Fsp3) is 0.286. The van der Waals surface area contributed by atoms with Gasteiger partial charge in [0.1, 0.15) is 6.20 Å². The predicted molar refractivity (Wildman–Crippen MR) is 46.8 cm³/mol. The molecule has 0 fully saturated rings. The van der Waals surface area contributed by atoms with E-state index in [1.54, 1.807) is 6.92 Å². The Morgan fingerprint density at radius 2 is 2.38 bits per heavy atom. The summed E-state index contributed by atoms with van der Waals surface area (Å²) < 4.78 is 4.98. The average Bonchev–Trinajstić information content (AvgIpc) is 2.04. The van der Waals surface area contributed by atoms with Gasteiger partial charge in [0, 0.05) is 12.1 Å². The minimum Gasteiger partial charge on any atom is -0.458 e. The zero-order valence-electron chi connectivity index (χ0n) is 6.81. The van der Waals surface area contributed by atoms with E-state index in [0.29, 0.717) is 0 Å². The van der Waals surface area contributed by atoms with Crippen LogP contribution < -0.4 is 4.74 Å². The molecule has 0 saturated carbocycles. The number of alkyl halides is 1. The van der Waals surface area contributed by atoms with Crippen LogP contribution in [0.15, 0.2) is 18.3 Å². The minimum atomic E-state index is -0.527. The van der Waals surface area contributed by atoms with Crippen molar-refractivity contribution in [3.8, 4) is 5.88 Å². The van der Waals surface area contributed by atoms with Crippen LogP contribution >= 0.6 is 11.6 Å². The van der Waals surface area contributed by atoms with Gasteiger partial charge in [-0.1, -0.05) is 11.6 Å². The maximum atomic E-state index is 10.2. The van der Waals surface area contributed by atoms with Gasteiger partial charge >= 0.3 is 0 Å². The molecule has 0 aliphatic rings. The van der Waals surface area contributed by atoms with Crippen LogP contribution in [0, 0.1) is 10.1 Å². The molecule has 70 valence electrons. The Kier molecular flexibility index (Phi) is 3.02. The second-order valence-corrected chi connectivity index (χ2v) is 2.89. The fourth-order valence-electron chi connectivity index (χ4n) is 0.717. The Bertz CT molecular complexity index is 299. The highest BCUT2D eigenvalue weighted by atomic mass is 35.5. The number of rotatable bonds is 3. The first-order valence-corrected chi connectivity index (χ1v) is 3.94. The third-order valence-electron chi connectivity index (χ3n) is 1.21. The topological polar surface area (TPSA) is 65.3 Å². The van der Waals surface area contributed by atoms with Gasteiger partial charge in [0.05, 0.1) is 4.92 Å². The van der Waals surface area contributed by atoms with Crippen molar-refractivity contribution in [3.05, 3.63) is 28.4 Å². The van der Waals surface area contributed by atoms with E-state index >= 15 is 0 Å². The highest BCUT2D eigenvalue weighted by molar-refractivity contribution is 6.19. The van der Waals surface area contributed by atoms with Crippen LogP contribution in [0.4, 0.5) is 5.69 Å². The Balaban J connectivity index is 2.75. The first kappa shape index (κ1) is 9.73. The standard InChI is InChI=1S/C7H7ClN2O3/c1-5(8)13-7-3-2-6(4-9-7)10(11)12/h2-5H,1H3. The summed E-state index contributed by atoms with van der Waals surface area (Å²) in [7, 11) is 0. The van der Waals surface area contributed by atoms with Crippen LogP contribution in [0.3, 0.4) is 0 Å². The van der Waals surface area contributed by atoms with E-state index in [-0.39, 0.29) is 11.6 Å². The SMILES string of the molecule is CC(Cl)Oc1ccc([N+](=O)[O-])cn1. The van der Waals surface area contributed by atoms with Gasteiger partial charge in [-0.25, -0.2) is 4.98 Å². The number of nitro groups is 1. The van der Waals surface area contributed by atoms with Crippen LogP contribution in [-0.4, -0.2) is 15.5 Å². The Hall–Kier alpha value is -1.36. The highest BCUT2D eigenvalue weighted by Gasteiger charge is 2.06. The summed E-state index contributed by atoms with van der Waals surface area (Å²) in [5, 5.41) is 10.2. The lowest BCUT2D eigenvalue weighted by Gasteiger charge is -2.04. The molecular weight excluding hydrogens is 196 g/mol. The van der Waals surface area contributed by atoms with Crippen molar-refractivity contribution in [1.29, 1.82) is 0 Å². The van der Waals surface area contributed by atoms with E-state index in [0.717, 1.165) is 6.20 Å². The van der Waals surface area contributed by atoms with Crippen molar-refractivity contribution in [1.82, 2.24) is 4.98 Å². The third kappa shape index (κ3) is 2.87. The van der Waals surface area contributed by atoms with E-state index in [2.05, 4.69) is 4.98 Å². The maximum absolute atomic E-state index is 10.2. The highest BCUT2D eigenvalue weighted by Crippen LogP contribution is 2.15. The van der Waals surface area contributed by atoms with E-state index in [9.17, 15) is 10.1 Å². The van der Waals surface area contributed by atoms with E-state index < -0.39 is 10.5 Å². The Morgan fingerprint density at radius 1 is 1.69 bits per heavy atom. The van der Waals surface area contributed by atoms with Crippen LogP contribution in [0.1, 0.15) is 6.92 Å². The van der Waals surface area contributed by atoms with Crippen LogP contribution in [0.2, 0.25) is 0 Å². The lowest BCUT2D eigenvalue weighted by molar-refractivity contribution is -0.385. The number of hydrogen-bond donors (Lipinski definition) is 0. The van der Waals surface area contributed by atoms with E-state index in [4.69, 9.17) is 16.3 Å². The first-order chi connectivity index (χ1) is 6.09. The molecule has 0 aliphatic heterocycles. The smallest absolute Gasteiger partial charge is 0.287 e. The van der Waals surface area contributed by atoms with Crippen molar-refractivity contribution in [3.63, 3.8) is 0 Å². The number of aromatic nitrogens is 1. The van der Waals surface area contributed by atoms with Gasteiger partial charge in [-0.2, -0.15) is 0 Å². The third-order valence-corrected chi connectivity index (χ3v) is 1.30. The first-order valence-electron chi connectivity index (χ1n) is 3.51. The van der Waals surface area contributed by atoms with Gasteiger partial charge < -0.3 is 4.74 Å². The van der Waals surface area contributed by atoms with E-state index in [1.807, 2.05) is 0 Å². The average molecular weight is 203 g/mol. The molecule has 1 aromatic rings. The number of pyridine rings is 1. The summed E-state index contributed by atoms with van der Waals surface area (Å²) in [5.74, 6) is 0.271. The lowest BCUT2D eigenvalue weighted by Crippen LogP contribution is -2.03. The molecule has 1 unspecified atom stereocenters. The molecule has 1 heterocycles. The van der Waals surface area contributed by atoms with Crippen molar-refractivity contribution >= 4 is 17.3 Å². The van der Waals surface area contributed by atoms with E-state index in [1.165, 1.54) is 12.1 Å². The summed E-state index contributed by atoms with van der Waals surface area (Å²) in [6.07, 6.45) is 1.12. The molecule has 0 amide bonds. The number of hydrogen-bond acceptors (Lipinski definition) is 4. The molecular formula is C7H7ClN2O3. The van der Waals surface area contributed by atoms with Gasteiger partial charge in [-0.3, -0.25) is 10.1 Å². The molecule has 5 nitrogen and oxygen atoms in total. The number of nitrogens with zero attached hydrogens (tertiary/aromatic N) is 2. The number of halogens is 1. The Morgan fingerprint density at radius 3 is 2.77 bits per heavy atom. The van der Waals surface area contributed by atoms with Gasteiger partial charge in [-0.15, -0.1) is 0 Å². The normalized spacial score (nSPS) is 12.2. The molecule has 0 N–H and O–H groups in total. The van der Waals surface area contributed by atoms with Crippen LogP contribution in [-0.2, 0) is 0 Å². The van der Waals surface area contributed by atoms with Crippen molar-refractivity contribution in [2.45, 2.75) is 12.5 Å². The zero-order chi connectivity index (χ0) is 9.84. The molecule has 1 atom stereocenters. The zero-order valence-corrected chi connectivity index (χ0v) is 7.56. The molecule has 1 aromatic heterocycles. The minimum absolute atomic E-state index is 0.0745. The molecule has 0 saturated heterocycles. The molecule has 0 aromatic carbocycles. The largest absolute Gasteiger partial charge is 0.458 e. The molecule has 0 spiro atoms. The summed E-state index contributed by atoms with van der Waals surface area (Å²) in [6.45, 7) is 1.63. The van der Waals surface area contributed by atoms with Crippen LogP contribution in [0.25, 0.3) is 0 Å². The van der Waals surface area contributed by atoms with Crippen molar-refractivity contribution < 1.29 is 9.66 Å². The summed E-state index contributed by atoms with van der Waals surface area (Å²) in [5.41, 5.74) is -0.580. The molecule has 13 heavy (non-hydrogen) atoms. The molecule has 0 aliphatic carbocycles. The summed E-state index contributed by atoms with van der Waals surface area (Å²) in [6, 6.07) is 2.71. The molecule has 1 rings (SSSR count). The quantitative estimate of drug-likeness (QED) is 0.427. The van der Waals surface area contributed by atoms with Crippen molar-refractivity contribution in [2.75, 3.05) is 0 Å². The van der Waals surface area contributed by atoms with Gasteiger partial charge in [0.2, 0.25) is 5.88 Å². The van der Waals surface area contributed by atoms with Gasteiger partial charge in [0.25, 0.3) is 5.69 Å². The lowest BCUT2D eigenvalue weighted by atomic mass is 10.4. The monoisotopic (exact) mass is 202 g/mol. The fourth-order valence-corrected chi connectivity index (χ4v) is 0.808. The summed E-state index contributed by atoms with van der Waals surface area (Å²) in [4.78, 5) is 13.4. The second-order valence-electron chi connectivity index (χ2n) is 2.27. The Labute approximate surface area is 79.5 Å². The maximum Gasteiger partial charge on any atom is 0.287 e. The van der Waals surface area contributed by atoms with Crippen molar-refractivity contribution in [2.24, 2.45) is 0 Å². The second kappa shape index (κ2) is 4.04. The molecule has 6 heteroatoms. The predicted octanol–water partition coefficient (Wildman–Crippen LogP) is 1.95. The van der Waals surface area contributed by atoms with Crippen LogP contribution in [0.5, 0.6) is 5.88 Å². The summed E-state index contributed by atoms with van der Waals surface area (Å²) >= 11 is 5.52.